The molecule has 1 saturated carbocycles. The second-order valence-corrected chi connectivity index (χ2v) is 12.4. The SMILES string of the molecule is Cc1ccc(/C=C/c2cccc([C@@H](CCc3ccccc3C(C)(C)O)SCC3(CC(=O)[O-])CC3)c2)nc1C.[Na+]. The number of thioether (sulfide) groups is 1. The normalized spacial score (nSPS) is 15.1. The number of carbonyl (C=O) groups is 1. The molecule has 1 aliphatic carbocycles. The van der Waals surface area contributed by atoms with Gasteiger partial charge in [-0.2, -0.15) is 11.8 Å². The van der Waals surface area contributed by atoms with Gasteiger partial charge in [-0.15, -0.1) is 0 Å². The number of hydrogen-bond acceptors (Lipinski definition) is 5. The van der Waals surface area contributed by atoms with E-state index in [0.717, 1.165) is 59.5 Å². The van der Waals surface area contributed by atoms with Crippen LogP contribution in [0.3, 0.4) is 0 Å². The molecule has 0 aliphatic heterocycles. The monoisotopic (exact) mass is 551 g/mol. The van der Waals surface area contributed by atoms with Gasteiger partial charge in [0.05, 0.1) is 11.3 Å². The van der Waals surface area contributed by atoms with Crippen LogP contribution >= 0.6 is 11.8 Å². The first-order valence-electron chi connectivity index (χ1n) is 13.4. The first-order valence-corrected chi connectivity index (χ1v) is 14.4. The van der Waals surface area contributed by atoms with Crippen molar-refractivity contribution in [3.05, 3.63) is 99.9 Å². The van der Waals surface area contributed by atoms with E-state index in [-0.39, 0.29) is 46.6 Å². The second-order valence-electron chi connectivity index (χ2n) is 11.2. The van der Waals surface area contributed by atoms with Crippen molar-refractivity contribution in [3.63, 3.8) is 0 Å². The summed E-state index contributed by atoms with van der Waals surface area (Å²) in [7, 11) is 0. The molecular formula is C33H38NNaO3S. The summed E-state index contributed by atoms with van der Waals surface area (Å²) in [5, 5.41) is 22.2. The topological polar surface area (TPSA) is 73.2 Å². The van der Waals surface area contributed by atoms with Crippen LogP contribution in [0.2, 0.25) is 0 Å². The van der Waals surface area contributed by atoms with Crippen molar-refractivity contribution in [1.29, 1.82) is 0 Å². The number of carbonyl (C=O) groups excluding carboxylic acids is 1. The molecule has 6 heteroatoms. The van der Waals surface area contributed by atoms with Crippen LogP contribution in [0, 0.1) is 19.3 Å². The van der Waals surface area contributed by atoms with Gasteiger partial charge in [0.25, 0.3) is 0 Å². The summed E-state index contributed by atoms with van der Waals surface area (Å²) in [6.07, 6.45) is 7.92. The van der Waals surface area contributed by atoms with Gasteiger partial charge in [-0.05, 0) is 111 Å². The Morgan fingerprint density at radius 1 is 1.10 bits per heavy atom. The Kier molecular flexibility index (Phi) is 11.1. The number of hydrogen-bond donors (Lipinski definition) is 1. The third-order valence-electron chi connectivity index (χ3n) is 7.52. The fourth-order valence-corrected chi connectivity index (χ4v) is 6.46. The summed E-state index contributed by atoms with van der Waals surface area (Å²) in [6, 6.07) is 20.8. The number of rotatable bonds is 12. The molecule has 2 aromatic carbocycles. The van der Waals surface area contributed by atoms with Crippen LogP contribution in [-0.4, -0.2) is 21.8 Å². The van der Waals surface area contributed by atoms with Crippen LogP contribution in [-0.2, 0) is 16.8 Å². The van der Waals surface area contributed by atoms with E-state index >= 15 is 0 Å². The molecule has 39 heavy (non-hydrogen) atoms. The molecule has 0 amide bonds. The molecule has 1 heterocycles. The molecule has 1 fully saturated rings. The number of benzene rings is 2. The number of aryl methyl sites for hydroxylation is 3. The average Bonchev–Trinajstić information content (AvgIpc) is 3.63. The number of pyridine rings is 1. The fraction of sp³-hybridized carbons (Fsp3) is 0.394. The number of carboxylic acid groups (broad SMARTS) is 1. The summed E-state index contributed by atoms with van der Waals surface area (Å²) >= 11 is 1.86. The number of aromatic nitrogens is 1. The molecule has 3 aromatic rings. The first kappa shape index (κ1) is 31.6. The molecule has 1 N–H and O–H groups in total. The van der Waals surface area contributed by atoms with Crippen molar-refractivity contribution in [3.8, 4) is 0 Å². The summed E-state index contributed by atoms with van der Waals surface area (Å²) < 4.78 is 0. The smallest absolute Gasteiger partial charge is 0.550 e. The third kappa shape index (κ3) is 9.06. The van der Waals surface area contributed by atoms with Gasteiger partial charge in [0.1, 0.15) is 0 Å². The average molecular weight is 552 g/mol. The largest absolute Gasteiger partial charge is 1.00 e. The summed E-state index contributed by atoms with van der Waals surface area (Å²) in [6.45, 7) is 7.75. The maximum absolute atomic E-state index is 11.3. The molecule has 200 valence electrons. The van der Waals surface area contributed by atoms with E-state index in [0.29, 0.717) is 0 Å². The van der Waals surface area contributed by atoms with E-state index in [1.54, 1.807) is 0 Å². The summed E-state index contributed by atoms with van der Waals surface area (Å²) in [4.78, 5) is 16.0. The predicted octanol–water partition coefficient (Wildman–Crippen LogP) is 3.43. The number of carboxylic acids is 1. The molecule has 4 rings (SSSR count). The van der Waals surface area contributed by atoms with Crippen LogP contribution in [0.1, 0.15) is 84.0 Å². The first-order chi connectivity index (χ1) is 18.0. The second kappa shape index (κ2) is 13.6. The zero-order valence-electron chi connectivity index (χ0n) is 23.9. The van der Waals surface area contributed by atoms with Gasteiger partial charge in [0, 0.05) is 16.9 Å². The van der Waals surface area contributed by atoms with E-state index in [9.17, 15) is 15.0 Å². The van der Waals surface area contributed by atoms with E-state index < -0.39 is 11.6 Å². The standard InChI is InChI=1S/C33H39NO3S.Na/c1-23-12-15-28(34-24(23)2)16-13-25-8-7-10-27(20-25)30(38-22-33(18-19-33)21-31(35)36)17-14-26-9-5-6-11-29(26)32(3,4)37;/h5-13,15-16,20,30,37H,14,17-19,21-22H2,1-4H3,(H,35,36);/q;+1/p-1/b16-13+;/t30-;/m1./s1. The molecule has 0 saturated heterocycles. The van der Waals surface area contributed by atoms with Crippen LogP contribution in [0.15, 0.2) is 60.7 Å². The van der Waals surface area contributed by atoms with Gasteiger partial charge in [-0.25, -0.2) is 0 Å². The van der Waals surface area contributed by atoms with E-state index in [1.165, 1.54) is 11.1 Å². The quantitative estimate of drug-likeness (QED) is 0.349. The van der Waals surface area contributed by atoms with E-state index in [2.05, 4.69) is 54.4 Å². The van der Waals surface area contributed by atoms with Crippen molar-refractivity contribution in [2.75, 3.05) is 5.75 Å². The fourth-order valence-electron chi connectivity index (χ4n) is 4.89. The van der Waals surface area contributed by atoms with Crippen LogP contribution in [0.25, 0.3) is 12.2 Å². The van der Waals surface area contributed by atoms with Gasteiger partial charge < -0.3 is 15.0 Å². The van der Waals surface area contributed by atoms with Gasteiger partial charge in [0.15, 0.2) is 0 Å². The molecule has 0 unspecified atom stereocenters. The van der Waals surface area contributed by atoms with E-state index in [4.69, 9.17) is 0 Å². The van der Waals surface area contributed by atoms with Crippen LogP contribution in [0.4, 0.5) is 0 Å². The van der Waals surface area contributed by atoms with Crippen LogP contribution < -0.4 is 34.7 Å². The number of aliphatic carboxylic acids is 1. The van der Waals surface area contributed by atoms with E-state index in [1.807, 2.05) is 62.9 Å². The maximum Gasteiger partial charge on any atom is 1.00 e. The van der Waals surface area contributed by atoms with Gasteiger partial charge >= 0.3 is 29.6 Å². The predicted molar refractivity (Wildman–Crippen MR) is 156 cm³/mol. The molecule has 1 aromatic heterocycles. The Morgan fingerprint density at radius 3 is 2.51 bits per heavy atom. The molecule has 1 atom stereocenters. The number of nitrogens with zero attached hydrogens (tertiary/aromatic N) is 1. The molecule has 1 aliphatic rings. The van der Waals surface area contributed by atoms with Crippen molar-refractivity contribution in [2.24, 2.45) is 5.41 Å². The Balaban J connectivity index is 0.00000420. The zero-order valence-corrected chi connectivity index (χ0v) is 26.7. The minimum atomic E-state index is -0.953. The molecular weight excluding hydrogens is 513 g/mol. The van der Waals surface area contributed by atoms with Gasteiger partial charge in [0.2, 0.25) is 0 Å². The molecule has 0 bridgehead atoms. The van der Waals surface area contributed by atoms with Gasteiger partial charge in [-0.3, -0.25) is 4.98 Å². The molecule has 0 spiro atoms. The van der Waals surface area contributed by atoms with Crippen molar-refractivity contribution < 1.29 is 44.6 Å². The maximum atomic E-state index is 11.3. The minimum absolute atomic E-state index is 0. The van der Waals surface area contributed by atoms with Crippen molar-refractivity contribution in [2.45, 2.75) is 70.7 Å². The summed E-state index contributed by atoms with van der Waals surface area (Å²) in [5.74, 6) is -0.142. The molecule has 0 radical (unpaired) electrons. The third-order valence-corrected chi connectivity index (χ3v) is 9.21. The van der Waals surface area contributed by atoms with Crippen LogP contribution in [0.5, 0.6) is 0 Å². The Hall–Kier alpha value is -1.89. The Morgan fingerprint density at radius 2 is 1.85 bits per heavy atom. The Labute approximate surface area is 259 Å². The summed E-state index contributed by atoms with van der Waals surface area (Å²) in [5.41, 5.74) is 6.58. The zero-order chi connectivity index (χ0) is 27.3. The van der Waals surface area contributed by atoms with Crippen molar-refractivity contribution >= 4 is 29.9 Å². The molecule has 4 nitrogen and oxygen atoms in total. The number of aliphatic hydroxyl groups is 1. The Bertz CT molecular complexity index is 1310. The minimum Gasteiger partial charge on any atom is -0.550 e. The van der Waals surface area contributed by atoms with Gasteiger partial charge in [-0.1, -0.05) is 60.7 Å². The van der Waals surface area contributed by atoms with Crippen molar-refractivity contribution in [1.82, 2.24) is 4.98 Å².